The molecule has 0 radical (unpaired) electrons. The summed E-state index contributed by atoms with van der Waals surface area (Å²) in [4.78, 5) is 21.7. The topological polar surface area (TPSA) is 66.9 Å². The van der Waals surface area contributed by atoms with E-state index in [-0.39, 0.29) is 11.9 Å². The van der Waals surface area contributed by atoms with Crippen molar-refractivity contribution in [2.75, 3.05) is 11.9 Å². The van der Waals surface area contributed by atoms with Gasteiger partial charge in [0.25, 0.3) is 5.91 Å². The molecule has 0 fully saturated rings. The fourth-order valence-corrected chi connectivity index (χ4v) is 3.39. The lowest BCUT2D eigenvalue weighted by Gasteiger charge is -2.10. The van der Waals surface area contributed by atoms with Crippen molar-refractivity contribution in [3.05, 3.63) is 26.7 Å². The van der Waals surface area contributed by atoms with Crippen LogP contribution < -0.4 is 10.6 Å². The molecule has 0 aromatic carbocycles. The highest BCUT2D eigenvalue weighted by molar-refractivity contribution is 7.17. The standard InChI is InChI=1S/C13H18N4OS2/c1-5-14-13-16-8(3)11(20-13)12(18)15-7(2)10-6-19-9(4)17-10/h6-7H,5H2,1-4H3,(H,14,16)(H,15,18). The third kappa shape index (κ3) is 3.34. The van der Waals surface area contributed by atoms with Crippen LogP contribution in [0.4, 0.5) is 5.13 Å². The van der Waals surface area contributed by atoms with Gasteiger partial charge in [-0.05, 0) is 27.7 Å². The molecule has 2 heterocycles. The lowest BCUT2D eigenvalue weighted by atomic mass is 10.2. The third-order valence-electron chi connectivity index (χ3n) is 2.76. The Morgan fingerprint density at radius 2 is 2.15 bits per heavy atom. The molecule has 2 aromatic heterocycles. The Labute approximate surface area is 126 Å². The molecule has 0 saturated carbocycles. The van der Waals surface area contributed by atoms with Crippen LogP contribution in [0.3, 0.4) is 0 Å². The van der Waals surface area contributed by atoms with Crippen LogP contribution in [0.25, 0.3) is 0 Å². The molecular weight excluding hydrogens is 292 g/mol. The van der Waals surface area contributed by atoms with E-state index < -0.39 is 0 Å². The van der Waals surface area contributed by atoms with Crippen molar-refractivity contribution in [2.45, 2.75) is 33.7 Å². The van der Waals surface area contributed by atoms with Gasteiger partial charge < -0.3 is 10.6 Å². The van der Waals surface area contributed by atoms with E-state index in [1.165, 1.54) is 11.3 Å². The molecule has 1 atom stereocenters. The Hall–Kier alpha value is -1.47. The van der Waals surface area contributed by atoms with Crippen LogP contribution in [-0.4, -0.2) is 22.4 Å². The quantitative estimate of drug-likeness (QED) is 0.890. The molecule has 2 N–H and O–H groups in total. The summed E-state index contributed by atoms with van der Waals surface area (Å²) < 4.78 is 0. The van der Waals surface area contributed by atoms with Gasteiger partial charge in [-0.2, -0.15) is 0 Å². The molecule has 5 nitrogen and oxygen atoms in total. The third-order valence-corrected chi connectivity index (χ3v) is 4.66. The molecule has 1 unspecified atom stereocenters. The van der Waals surface area contributed by atoms with Crippen LogP contribution in [0, 0.1) is 13.8 Å². The van der Waals surface area contributed by atoms with Crippen molar-refractivity contribution < 1.29 is 4.79 Å². The normalized spacial score (nSPS) is 12.2. The van der Waals surface area contributed by atoms with Gasteiger partial charge in [0.2, 0.25) is 0 Å². The van der Waals surface area contributed by atoms with Gasteiger partial charge in [-0.15, -0.1) is 11.3 Å². The number of aryl methyl sites for hydroxylation is 2. The summed E-state index contributed by atoms with van der Waals surface area (Å²) in [6.07, 6.45) is 0. The second-order valence-corrected chi connectivity index (χ2v) is 6.51. The van der Waals surface area contributed by atoms with E-state index in [1.807, 2.05) is 33.1 Å². The molecular formula is C13H18N4OS2. The van der Waals surface area contributed by atoms with Crippen LogP contribution in [-0.2, 0) is 0 Å². The van der Waals surface area contributed by atoms with Gasteiger partial charge in [0.15, 0.2) is 5.13 Å². The molecule has 7 heteroatoms. The van der Waals surface area contributed by atoms with Crippen molar-refractivity contribution in [1.29, 1.82) is 0 Å². The molecule has 0 aliphatic rings. The van der Waals surface area contributed by atoms with Crippen molar-refractivity contribution in [3.8, 4) is 0 Å². The predicted octanol–water partition coefficient (Wildman–Crippen LogP) is 3.14. The molecule has 2 aromatic rings. The number of nitrogens with one attached hydrogen (secondary N) is 2. The minimum atomic E-state index is -0.100. The van der Waals surface area contributed by atoms with Gasteiger partial charge >= 0.3 is 0 Å². The highest BCUT2D eigenvalue weighted by Crippen LogP contribution is 2.23. The number of thiazole rings is 2. The van der Waals surface area contributed by atoms with Crippen molar-refractivity contribution in [3.63, 3.8) is 0 Å². The zero-order valence-corrected chi connectivity index (χ0v) is 13.6. The number of aromatic nitrogens is 2. The predicted molar refractivity (Wildman–Crippen MR) is 83.7 cm³/mol. The van der Waals surface area contributed by atoms with E-state index in [0.717, 1.165) is 28.1 Å². The monoisotopic (exact) mass is 310 g/mol. The molecule has 1 amide bonds. The Bertz CT molecular complexity index is 605. The molecule has 0 aliphatic heterocycles. The summed E-state index contributed by atoms with van der Waals surface area (Å²) in [6, 6.07) is -0.100. The molecule has 108 valence electrons. The summed E-state index contributed by atoms with van der Waals surface area (Å²) in [7, 11) is 0. The smallest absolute Gasteiger partial charge is 0.263 e. The van der Waals surface area contributed by atoms with Crippen LogP contribution in [0.5, 0.6) is 0 Å². The number of rotatable bonds is 5. The number of carbonyl (C=O) groups is 1. The molecule has 0 aliphatic carbocycles. The summed E-state index contributed by atoms with van der Waals surface area (Å²) >= 11 is 2.97. The number of hydrogen-bond donors (Lipinski definition) is 2. The summed E-state index contributed by atoms with van der Waals surface area (Å²) in [6.45, 7) is 8.54. The highest BCUT2D eigenvalue weighted by atomic mass is 32.1. The van der Waals surface area contributed by atoms with Crippen molar-refractivity contribution in [1.82, 2.24) is 15.3 Å². The lowest BCUT2D eigenvalue weighted by Crippen LogP contribution is -2.26. The van der Waals surface area contributed by atoms with Gasteiger partial charge in [-0.3, -0.25) is 4.79 Å². The molecule has 0 bridgehead atoms. The highest BCUT2D eigenvalue weighted by Gasteiger charge is 2.18. The zero-order chi connectivity index (χ0) is 14.7. The van der Waals surface area contributed by atoms with E-state index in [2.05, 4.69) is 20.6 Å². The second kappa shape index (κ2) is 6.32. The van der Waals surface area contributed by atoms with Gasteiger partial charge in [0.05, 0.1) is 22.4 Å². The summed E-state index contributed by atoms with van der Waals surface area (Å²) in [5.74, 6) is -0.0951. The molecule has 2 rings (SSSR count). The SMILES string of the molecule is CCNc1nc(C)c(C(=O)NC(C)c2csc(C)n2)s1. The minimum Gasteiger partial charge on any atom is -0.362 e. The number of anilines is 1. The average Bonchev–Trinajstić information content (AvgIpc) is 2.96. The summed E-state index contributed by atoms with van der Waals surface area (Å²) in [5.41, 5.74) is 1.65. The van der Waals surface area contributed by atoms with Crippen LogP contribution in [0.1, 0.15) is 46.0 Å². The zero-order valence-electron chi connectivity index (χ0n) is 12.0. The Morgan fingerprint density at radius 1 is 1.40 bits per heavy atom. The Balaban J connectivity index is 2.08. The maximum atomic E-state index is 12.3. The fraction of sp³-hybridized carbons (Fsp3) is 0.462. The van der Waals surface area contributed by atoms with E-state index in [0.29, 0.717) is 4.88 Å². The minimum absolute atomic E-state index is 0.0951. The van der Waals surface area contributed by atoms with E-state index >= 15 is 0 Å². The molecule has 0 saturated heterocycles. The van der Waals surface area contributed by atoms with Gasteiger partial charge in [0.1, 0.15) is 4.88 Å². The number of amides is 1. The average molecular weight is 310 g/mol. The second-order valence-electron chi connectivity index (χ2n) is 4.45. The number of hydrogen-bond acceptors (Lipinski definition) is 6. The molecule has 20 heavy (non-hydrogen) atoms. The largest absolute Gasteiger partial charge is 0.362 e. The van der Waals surface area contributed by atoms with Crippen LogP contribution in [0.2, 0.25) is 0 Å². The first kappa shape index (κ1) is 14.9. The first-order chi connectivity index (χ1) is 9.51. The lowest BCUT2D eigenvalue weighted by molar-refractivity contribution is 0.0942. The number of nitrogens with zero attached hydrogens (tertiary/aromatic N) is 2. The van der Waals surface area contributed by atoms with E-state index in [9.17, 15) is 4.79 Å². The maximum absolute atomic E-state index is 12.3. The van der Waals surface area contributed by atoms with E-state index in [1.54, 1.807) is 11.3 Å². The first-order valence-corrected chi connectivity index (χ1v) is 8.15. The van der Waals surface area contributed by atoms with Crippen LogP contribution in [0.15, 0.2) is 5.38 Å². The van der Waals surface area contributed by atoms with Gasteiger partial charge in [0, 0.05) is 11.9 Å². The fourth-order valence-electron chi connectivity index (χ4n) is 1.75. The maximum Gasteiger partial charge on any atom is 0.263 e. The summed E-state index contributed by atoms with van der Waals surface area (Å²) in [5, 5.41) is 9.86. The van der Waals surface area contributed by atoms with Gasteiger partial charge in [-0.1, -0.05) is 11.3 Å². The number of carbonyl (C=O) groups excluding carboxylic acids is 1. The van der Waals surface area contributed by atoms with Crippen molar-refractivity contribution in [2.24, 2.45) is 0 Å². The Morgan fingerprint density at radius 3 is 2.75 bits per heavy atom. The van der Waals surface area contributed by atoms with Crippen LogP contribution >= 0.6 is 22.7 Å². The van der Waals surface area contributed by atoms with Gasteiger partial charge in [-0.25, -0.2) is 9.97 Å². The van der Waals surface area contributed by atoms with E-state index in [4.69, 9.17) is 0 Å². The molecule has 0 spiro atoms. The first-order valence-electron chi connectivity index (χ1n) is 6.45. The van der Waals surface area contributed by atoms with Crippen molar-refractivity contribution >= 4 is 33.7 Å². The Kier molecular flexibility index (Phi) is 4.72.